The molecule has 0 fully saturated rings. The summed E-state index contributed by atoms with van der Waals surface area (Å²) in [4.78, 5) is 23.9. The molecule has 0 atom stereocenters. The Morgan fingerprint density at radius 3 is 2.47 bits per heavy atom. The summed E-state index contributed by atoms with van der Waals surface area (Å²) in [6, 6.07) is 17.1. The van der Waals surface area contributed by atoms with Crippen LogP contribution >= 0.6 is 11.3 Å². The Morgan fingerprint density at radius 2 is 1.77 bits per heavy atom. The molecule has 0 N–H and O–H groups in total. The van der Waals surface area contributed by atoms with E-state index in [1.54, 1.807) is 31.5 Å². The van der Waals surface area contributed by atoms with Gasteiger partial charge in [-0.15, -0.1) is 0 Å². The number of thiazole rings is 1. The van der Waals surface area contributed by atoms with Crippen molar-refractivity contribution in [3.05, 3.63) is 78.1 Å². The van der Waals surface area contributed by atoms with Gasteiger partial charge in [-0.1, -0.05) is 29.5 Å². The van der Waals surface area contributed by atoms with E-state index >= 15 is 0 Å². The topological polar surface area (TPSA) is 64.5 Å². The molecule has 0 aliphatic rings. The lowest BCUT2D eigenvalue weighted by molar-refractivity contribution is -0.118. The minimum atomic E-state index is -0.0324. The molecule has 0 saturated carbocycles. The quantitative estimate of drug-likeness (QED) is 0.442. The van der Waals surface area contributed by atoms with E-state index in [0.717, 1.165) is 32.8 Å². The molecule has 152 valence electrons. The average molecular weight is 420 g/mol. The van der Waals surface area contributed by atoms with Crippen LogP contribution in [0.5, 0.6) is 11.5 Å². The van der Waals surface area contributed by atoms with Crippen molar-refractivity contribution in [1.29, 1.82) is 0 Å². The molecule has 1 amide bonds. The molecule has 2 aromatic heterocycles. The van der Waals surface area contributed by atoms with Crippen LogP contribution in [0.2, 0.25) is 0 Å². The standard InChI is InChI=1S/C23H21N3O3S/c1-28-18-7-5-16(6-8-18)12-22(27)26(15-17-4-3-11-24-14-17)23-25-20-10-9-19(29-2)13-21(20)30-23/h3-11,13-14H,12,15H2,1-2H3. The number of aromatic nitrogens is 2. The third-order valence-corrected chi connectivity index (χ3v) is 5.74. The van der Waals surface area contributed by atoms with Crippen molar-refractivity contribution in [3.8, 4) is 11.5 Å². The monoisotopic (exact) mass is 419 g/mol. The predicted octanol–water partition coefficient (Wildman–Crippen LogP) is 4.48. The van der Waals surface area contributed by atoms with Gasteiger partial charge in [0.15, 0.2) is 5.13 Å². The molecule has 0 bridgehead atoms. The first-order valence-corrected chi connectivity index (χ1v) is 10.2. The fourth-order valence-electron chi connectivity index (χ4n) is 3.09. The van der Waals surface area contributed by atoms with Crippen molar-refractivity contribution in [2.45, 2.75) is 13.0 Å². The summed E-state index contributed by atoms with van der Waals surface area (Å²) in [5.74, 6) is 1.50. The highest BCUT2D eigenvalue weighted by atomic mass is 32.1. The van der Waals surface area contributed by atoms with Gasteiger partial charge in [-0.3, -0.25) is 14.7 Å². The predicted molar refractivity (Wildman–Crippen MR) is 118 cm³/mol. The van der Waals surface area contributed by atoms with E-state index in [1.807, 2.05) is 54.6 Å². The van der Waals surface area contributed by atoms with Gasteiger partial charge in [0.25, 0.3) is 0 Å². The van der Waals surface area contributed by atoms with Crippen molar-refractivity contribution < 1.29 is 14.3 Å². The summed E-state index contributed by atoms with van der Waals surface area (Å²) in [6.45, 7) is 0.403. The Kier molecular flexibility index (Phi) is 5.90. The number of hydrogen-bond donors (Lipinski definition) is 0. The van der Waals surface area contributed by atoms with Crippen LogP contribution < -0.4 is 14.4 Å². The third-order valence-electron chi connectivity index (χ3n) is 4.69. The van der Waals surface area contributed by atoms with Gasteiger partial charge in [-0.05, 0) is 47.5 Å². The molecule has 0 spiro atoms. The molecule has 2 aromatic carbocycles. The second kappa shape index (κ2) is 8.92. The summed E-state index contributed by atoms with van der Waals surface area (Å²) in [5, 5.41) is 0.653. The number of fused-ring (bicyclic) bond motifs is 1. The van der Waals surface area contributed by atoms with Gasteiger partial charge in [0.1, 0.15) is 11.5 Å². The van der Waals surface area contributed by atoms with E-state index in [9.17, 15) is 4.79 Å². The second-order valence-electron chi connectivity index (χ2n) is 6.70. The smallest absolute Gasteiger partial charge is 0.233 e. The van der Waals surface area contributed by atoms with Gasteiger partial charge < -0.3 is 9.47 Å². The minimum absolute atomic E-state index is 0.0324. The fourth-order valence-corrected chi connectivity index (χ4v) is 4.10. The maximum atomic E-state index is 13.3. The lowest BCUT2D eigenvalue weighted by atomic mass is 10.1. The summed E-state index contributed by atoms with van der Waals surface area (Å²) >= 11 is 1.47. The highest BCUT2D eigenvalue weighted by molar-refractivity contribution is 7.22. The lowest BCUT2D eigenvalue weighted by Crippen LogP contribution is -2.31. The molecule has 4 aromatic rings. The summed E-state index contributed by atoms with van der Waals surface area (Å²) in [7, 11) is 3.26. The Labute approximate surface area is 178 Å². The molecule has 0 aliphatic heterocycles. The lowest BCUT2D eigenvalue weighted by Gasteiger charge is -2.20. The maximum Gasteiger partial charge on any atom is 0.233 e. The first-order valence-electron chi connectivity index (χ1n) is 9.43. The minimum Gasteiger partial charge on any atom is -0.497 e. The zero-order chi connectivity index (χ0) is 20.9. The van der Waals surface area contributed by atoms with Gasteiger partial charge in [0.05, 0.1) is 37.4 Å². The van der Waals surface area contributed by atoms with E-state index in [-0.39, 0.29) is 12.3 Å². The highest BCUT2D eigenvalue weighted by Gasteiger charge is 2.21. The normalized spacial score (nSPS) is 10.7. The molecular formula is C23H21N3O3S. The van der Waals surface area contributed by atoms with Crippen LogP contribution in [0.15, 0.2) is 67.0 Å². The van der Waals surface area contributed by atoms with E-state index in [4.69, 9.17) is 14.5 Å². The number of carbonyl (C=O) groups excluding carboxylic acids is 1. The van der Waals surface area contributed by atoms with Gasteiger partial charge in [-0.25, -0.2) is 4.98 Å². The van der Waals surface area contributed by atoms with E-state index < -0.39 is 0 Å². The number of carbonyl (C=O) groups is 1. The van der Waals surface area contributed by atoms with Gasteiger partial charge in [0.2, 0.25) is 5.91 Å². The molecule has 2 heterocycles. The van der Waals surface area contributed by atoms with Gasteiger partial charge >= 0.3 is 0 Å². The van der Waals surface area contributed by atoms with Crippen molar-refractivity contribution >= 4 is 32.6 Å². The highest BCUT2D eigenvalue weighted by Crippen LogP contribution is 2.32. The van der Waals surface area contributed by atoms with Crippen LogP contribution in [0.1, 0.15) is 11.1 Å². The summed E-state index contributed by atoms with van der Waals surface area (Å²) in [5.41, 5.74) is 2.70. The number of rotatable bonds is 7. The zero-order valence-electron chi connectivity index (χ0n) is 16.7. The number of nitrogens with zero attached hydrogens (tertiary/aromatic N) is 3. The van der Waals surface area contributed by atoms with Crippen molar-refractivity contribution in [2.75, 3.05) is 19.1 Å². The number of methoxy groups -OCH3 is 2. The number of hydrogen-bond acceptors (Lipinski definition) is 6. The number of pyridine rings is 1. The maximum absolute atomic E-state index is 13.3. The Morgan fingerprint density at radius 1 is 1.00 bits per heavy atom. The van der Waals surface area contributed by atoms with Crippen LogP contribution in [0, 0.1) is 0 Å². The number of amides is 1. The Balaban J connectivity index is 1.65. The Bertz CT molecular complexity index is 1140. The molecule has 0 radical (unpaired) electrons. The van der Waals surface area contributed by atoms with E-state index in [0.29, 0.717) is 11.7 Å². The van der Waals surface area contributed by atoms with Gasteiger partial charge in [0, 0.05) is 12.4 Å². The van der Waals surface area contributed by atoms with Crippen LogP contribution in [-0.4, -0.2) is 30.1 Å². The van der Waals surface area contributed by atoms with Crippen LogP contribution in [0.3, 0.4) is 0 Å². The molecular weight excluding hydrogens is 398 g/mol. The molecule has 4 rings (SSSR count). The van der Waals surface area contributed by atoms with E-state index in [1.165, 1.54) is 11.3 Å². The van der Waals surface area contributed by atoms with Crippen molar-refractivity contribution in [2.24, 2.45) is 0 Å². The molecule has 0 aliphatic carbocycles. The van der Waals surface area contributed by atoms with Gasteiger partial charge in [-0.2, -0.15) is 0 Å². The SMILES string of the molecule is COc1ccc(CC(=O)N(Cc2cccnc2)c2nc3ccc(OC)cc3s2)cc1. The number of anilines is 1. The fraction of sp³-hybridized carbons (Fsp3) is 0.174. The summed E-state index contributed by atoms with van der Waals surface area (Å²) in [6.07, 6.45) is 3.75. The molecule has 0 unspecified atom stereocenters. The number of ether oxygens (including phenoxy) is 2. The van der Waals surface area contributed by atoms with Crippen LogP contribution in [0.25, 0.3) is 10.2 Å². The second-order valence-corrected chi connectivity index (χ2v) is 7.71. The molecule has 0 saturated heterocycles. The zero-order valence-corrected chi connectivity index (χ0v) is 17.6. The first-order chi connectivity index (χ1) is 14.7. The van der Waals surface area contributed by atoms with Crippen LogP contribution in [0.4, 0.5) is 5.13 Å². The largest absolute Gasteiger partial charge is 0.497 e. The van der Waals surface area contributed by atoms with Crippen molar-refractivity contribution in [1.82, 2.24) is 9.97 Å². The molecule has 30 heavy (non-hydrogen) atoms. The van der Waals surface area contributed by atoms with Crippen molar-refractivity contribution in [3.63, 3.8) is 0 Å². The molecule has 7 heteroatoms. The summed E-state index contributed by atoms with van der Waals surface area (Å²) < 4.78 is 11.5. The molecule has 6 nitrogen and oxygen atoms in total. The number of benzene rings is 2. The van der Waals surface area contributed by atoms with E-state index in [2.05, 4.69) is 4.98 Å². The van der Waals surface area contributed by atoms with Crippen LogP contribution in [-0.2, 0) is 17.8 Å². The Hall–Kier alpha value is -3.45. The first kappa shape index (κ1) is 19.8. The third kappa shape index (κ3) is 4.41. The average Bonchev–Trinajstić information content (AvgIpc) is 3.21.